The molecular formula is C12H11BrN2O. The summed E-state index contributed by atoms with van der Waals surface area (Å²) in [6.07, 6.45) is 6.17. The number of hydrogen-bond donors (Lipinski definition) is 0. The van der Waals surface area contributed by atoms with Crippen molar-refractivity contribution in [2.45, 2.75) is 13.0 Å². The number of hydrogen-bond acceptors (Lipinski definition) is 2. The maximum absolute atomic E-state index is 11.5. The summed E-state index contributed by atoms with van der Waals surface area (Å²) in [5, 5.41) is 0. The van der Waals surface area contributed by atoms with Crippen LogP contribution in [0.25, 0.3) is 0 Å². The zero-order valence-corrected chi connectivity index (χ0v) is 10.2. The zero-order chi connectivity index (χ0) is 11.4. The van der Waals surface area contributed by atoms with Crippen LogP contribution in [0.1, 0.15) is 5.56 Å². The summed E-state index contributed by atoms with van der Waals surface area (Å²) >= 11 is 3.35. The van der Waals surface area contributed by atoms with E-state index in [1.165, 1.54) is 5.56 Å². The van der Waals surface area contributed by atoms with Gasteiger partial charge in [0.05, 0.1) is 0 Å². The predicted octanol–water partition coefficient (Wildman–Crippen LogP) is 2.25. The van der Waals surface area contributed by atoms with Crippen LogP contribution in [0.5, 0.6) is 0 Å². The van der Waals surface area contributed by atoms with Gasteiger partial charge in [0.25, 0.3) is 5.56 Å². The van der Waals surface area contributed by atoms with Gasteiger partial charge in [0, 0.05) is 35.7 Å². The molecule has 2 aromatic heterocycles. The van der Waals surface area contributed by atoms with Gasteiger partial charge in [-0.2, -0.15) is 0 Å². The Kier molecular flexibility index (Phi) is 3.51. The van der Waals surface area contributed by atoms with Gasteiger partial charge in [-0.1, -0.05) is 0 Å². The van der Waals surface area contributed by atoms with E-state index in [2.05, 4.69) is 20.9 Å². The Hall–Kier alpha value is -1.42. The molecule has 0 amide bonds. The molecule has 0 saturated carbocycles. The Bertz CT molecular complexity index is 522. The molecule has 0 aliphatic heterocycles. The normalized spacial score (nSPS) is 10.3. The van der Waals surface area contributed by atoms with Crippen molar-refractivity contribution in [2.75, 3.05) is 0 Å². The molecule has 0 radical (unpaired) electrons. The molecule has 0 saturated heterocycles. The summed E-state index contributed by atoms with van der Waals surface area (Å²) in [6, 6.07) is 7.24. The molecule has 0 unspecified atom stereocenters. The largest absolute Gasteiger partial charge is 0.314 e. The van der Waals surface area contributed by atoms with Gasteiger partial charge in [-0.3, -0.25) is 9.78 Å². The molecule has 2 heterocycles. The van der Waals surface area contributed by atoms with Crippen molar-refractivity contribution in [1.29, 1.82) is 0 Å². The van der Waals surface area contributed by atoms with Gasteiger partial charge in [0.1, 0.15) is 0 Å². The topological polar surface area (TPSA) is 34.9 Å². The smallest absolute Gasteiger partial charge is 0.250 e. The van der Waals surface area contributed by atoms with E-state index in [0.717, 1.165) is 10.9 Å². The van der Waals surface area contributed by atoms with E-state index in [9.17, 15) is 4.79 Å². The fourth-order valence-electron chi connectivity index (χ4n) is 1.48. The van der Waals surface area contributed by atoms with Crippen molar-refractivity contribution in [3.05, 3.63) is 63.2 Å². The summed E-state index contributed by atoms with van der Waals surface area (Å²) in [7, 11) is 0. The third-order valence-electron chi connectivity index (χ3n) is 2.34. The van der Waals surface area contributed by atoms with Gasteiger partial charge in [0.15, 0.2) is 0 Å². The van der Waals surface area contributed by atoms with Crippen LogP contribution in [0.15, 0.2) is 52.1 Å². The second kappa shape index (κ2) is 5.07. The van der Waals surface area contributed by atoms with Gasteiger partial charge in [-0.25, -0.2) is 0 Å². The highest BCUT2D eigenvalue weighted by molar-refractivity contribution is 9.10. The van der Waals surface area contributed by atoms with E-state index >= 15 is 0 Å². The summed E-state index contributed by atoms with van der Waals surface area (Å²) < 4.78 is 2.62. The van der Waals surface area contributed by atoms with Crippen molar-refractivity contribution in [3.8, 4) is 0 Å². The van der Waals surface area contributed by atoms with Gasteiger partial charge in [-0.05, 0) is 46.1 Å². The van der Waals surface area contributed by atoms with Gasteiger partial charge >= 0.3 is 0 Å². The van der Waals surface area contributed by atoms with E-state index in [0.29, 0.717) is 6.54 Å². The monoisotopic (exact) mass is 278 g/mol. The van der Waals surface area contributed by atoms with Gasteiger partial charge < -0.3 is 4.57 Å². The minimum atomic E-state index is 0.0252. The van der Waals surface area contributed by atoms with Gasteiger partial charge in [-0.15, -0.1) is 0 Å². The standard InChI is InChI=1S/C12H11BrN2O/c13-11-1-2-12(16)15(9-11)8-5-10-3-6-14-7-4-10/h1-4,6-7,9H,5,8H2. The second-order valence-electron chi connectivity index (χ2n) is 3.48. The molecule has 2 aromatic rings. The first-order valence-corrected chi connectivity index (χ1v) is 5.80. The highest BCUT2D eigenvalue weighted by Crippen LogP contribution is 2.06. The van der Waals surface area contributed by atoms with Crippen LogP contribution in [-0.2, 0) is 13.0 Å². The lowest BCUT2D eigenvalue weighted by Crippen LogP contribution is -2.19. The van der Waals surface area contributed by atoms with E-state index in [1.807, 2.05) is 18.3 Å². The molecule has 0 atom stereocenters. The fraction of sp³-hybridized carbons (Fsp3) is 0.167. The Morgan fingerprint density at radius 3 is 2.69 bits per heavy atom. The minimum absolute atomic E-state index is 0.0252. The van der Waals surface area contributed by atoms with Crippen LogP contribution in [-0.4, -0.2) is 9.55 Å². The maximum Gasteiger partial charge on any atom is 0.250 e. The first-order valence-electron chi connectivity index (χ1n) is 5.00. The Balaban J connectivity index is 2.11. The first-order chi connectivity index (χ1) is 7.75. The van der Waals surface area contributed by atoms with Crippen LogP contribution in [0.4, 0.5) is 0 Å². The quantitative estimate of drug-likeness (QED) is 0.863. The van der Waals surface area contributed by atoms with E-state index in [-0.39, 0.29) is 5.56 Å². The van der Waals surface area contributed by atoms with Crippen LogP contribution < -0.4 is 5.56 Å². The predicted molar refractivity (Wildman–Crippen MR) is 66.3 cm³/mol. The third kappa shape index (κ3) is 2.79. The molecular weight excluding hydrogens is 268 g/mol. The Morgan fingerprint density at radius 1 is 1.19 bits per heavy atom. The van der Waals surface area contributed by atoms with E-state index < -0.39 is 0 Å². The number of aromatic nitrogens is 2. The summed E-state index contributed by atoms with van der Waals surface area (Å²) in [5.41, 5.74) is 1.21. The van der Waals surface area contributed by atoms with Crippen LogP contribution in [0.3, 0.4) is 0 Å². The number of halogens is 1. The molecule has 2 rings (SSSR count). The van der Waals surface area contributed by atoms with Crippen molar-refractivity contribution in [1.82, 2.24) is 9.55 Å². The number of aryl methyl sites for hydroxylation is 2. The molecule has 0 aromatic carbocycles. The van der Waals surface area contributed by atoms with Crippen molar-refractivity contribution in [3.63, 3.8) is 0 Å². The highest BCUT2D eigenvalue weighted by Gasteiger charge is 1.97. The SMILES string of the molecule is O=c1ccc(Br)cn1CCc1ccncc1. The average Bonchev–Trinajstić information content (AvgIpc) is 2.32. The molecule has 0 fully saturated rings. The fourth-order valence-corrected chi connectivity index (χ4v) is 1.86. The van der Waals surface area contributed by atoms with Crippen molar-refractivity contribution >= 4 is 15.9 Å². The number of rotatable bonds is 3. The van der Waals surface area contributed by atoms with Crippen LogP contribution in [0.2, 0.25) is 0 Å². The van der Waals surface area contributed by atoms with E-state index in [4.69, 9.17) is 0 Å². The van der Waals surface area contributed by atoms with Crippen molar-refractivity contribution < 1.29 is 0 Å². The average molecular weight is 279 g/mol. The first kappa shape index (κ1) is 11.1. The van der Waals surface area contributed by atoms with Crippen LogP contribution in [0, 0.1) is 0 Å². The summed E-state index contributed by atoms with van der Waals surface area (Å²) in [6.45, 7) is 0.683. The highest BCUT2D eigenvalue weighted by atomic mass is 79.9. The Morgan fingerprint density at radius 2 is 1.94 bits per heavy atom. The molecule has 4 heteroatoms. The zero-order valence-electron chi connectivity index (χ0n) is 8.64. The summed E-state index contributed by atoms with van der Waals surface area (Å²) in [5.74, 6) is 0. The lowest BCUT2D eigenvalue weighted by molar-refractivity contribution is 0.667. The molecule has 0 bridgehead atoms. The number of pyridine rings is 2. The Labute approximate surface area is 102 Å². The lowest BCUT2D eigenvalue weighted by Gasteiger charge is -2.05. The third-order valence-corrected chi connectivity index (χ3v) is 2.81. The number of nitrogens with zero attached hydrogens (tertiary/aromatic N) is 2. The molecule has 16 heavy (non-hydrogen) atoms. The molecule has 0 aliphatic carbocycles. The second-order valence-corrected chi connectivity index (χ2v) is 4.40. The minimum Gasteiger partial charge on any atom is -0.314 e. The van der Waals surface area contributed by atoms with Crippen molar-refractivity contribution in [2.24, 2.45) is 0 Å². The van der Waals surface area contributed by atoms with Gasteiger partial charge in [0.2, 0.25) is 0 Å². The molecule has 0 N–H and O–H groups in total. The molecule has 0 spiro atoms. The van der Waals surface area contributed by atoms with E-state index in [1.54, 1.807) is 29.1 Å². The lowest BCUT2D eigenvalue weighted by atomic mass is 10.2. The molecule has 3 nitrogen and oxygen atoms in total. The summed E-state index contributed by atoms with van der Waals surface area (Å²) in [4.78, 5) is 15.5. The molecule has 82 valence electrons. The maximum atomic E-state index is 11.5. The molecule has 0 aliphatic rings. The van der Waals surface area contributed by atoms with Crippen LogP contribution >= 0.6 is 15.9 Å².